The minimum absolute atomic E-state index is 0.00735. The number of rotatable bonds is 4. The third-order valence-electron chi connectivity index (χ3n) is 2.63. The van der Waals surface area contributed by atoms with E-state index < -0.39 is 5.97 Å². The van der Waals surface area contributed by atoms with Gasteiger partial charge in [-0.1, -0.05) is 6.07 Å². The lowest BCUT2D eigenvalue weighted by molar-refractivity contribution is -0.0119. The van der Waals surface area contributed by atoms with Crippen molar-refractivity contribution in [2.24, 2.45) is 0 Å². The van der Waals surface area contributed by atoms with E-state index >= 15 is 0 Å². The van der Waals surface area contributed by atoms with E-state index in [0.717, 1.165) is 25.9 Å². The quantitative estimate of drug-likeness (QED) is 0.863. The highest BCUT2D eigenvalue weighted by molar-refractivity contribution is 5.85. The second-order valence-electron chi connectivity index (χ2n) is 3.97. The SMILES string of the molecule is O=C(O)c1cccc(OC[C@@H]2CCCCO2)n1. The summed E-state index contributed by atoms with van der Waals surface area (Å²) in [5.74, 6) is -0.719. The fraction of sp³-hybridized carbons (Fsp3) is 0.500. The maximum Gasteiger partial charge on any atom is 0.354 e. The summed E-state index contributed by atoms with van der Waals surface area (Å²) in [5, 5.41) is 8.78. The normalized spacial score (nSPS) is 19.9. The molecule has 1 aromatic rings. The Hall–Kier alpha value is -1.62. The van der Waals surface area contributed by atoms with Crippen LogP contribution in [0.3, 0.4) is 0 Å². The Morgan fingerprint density at radius 2 is 2.41 bits per heavy atom. The molecule has 0 aromatic carbocycles. The molecular weight excluding hydrogens is 222 g/mol. The number of aromatic nitrogens is 1. The maximum absolute atomic E-state index is 10.7. The summed E-state index contributed by atoms with van der Waals surface area (Å²) >= 11 is 0. The summed E-state index contributed by atoms with van der Waals surface area (Å²) in [6.45, 7) is 1.20. The first-order valence-corrected chi connectivity index (χ1v) is 5.70. The summed E-state index contributed by atoms with van der Waals surface area (Å²) < 4.78 is 10.9. The average molecular weight is 237 g/mol. The van der Waals surface area contributed by atoms with Crippen LogP contribution >= 0.6 is 0 Å². The van der Waals surface area contributed by atoms with Gasteiger partial charge in [0.15, 0.2) is 5.69 Å². The van der Waals surface area contributed by atoms with E-state index in [1.54, 1.807) is 12.1 Å². The Morgan fingerprint density at radius 1 is 1.53 bits per heavy atom. The maximum atomic E-state index is 10.7. The molecular formula is C12H15NO4. The number of carboxylic acid groups (broad SMARTS) is 1. The lowest BCUT2D eigenvalue weighted by Crippen LogP contribution is -2.26. The first kappa shape index (κ1) is 11.9. The molecule has 17 heavy (non-hydrogen) atoms. The van der Waals surface area contributed by atoms with Crippen molar-refractivity contribution in [3.05, 3.63) is 23.9 Å². The van der Waals surface area contributed by atoms with Crippen molar-refractivity contribution in [2.45, 2.75) is 25.4 Å². The van der Waals surface area contributed by atoms with Crippen LogP contribution in [-0.2, 0) is 4.74 Å². The lowest BCUT2D eigenvalue weighted by Gasteiger charge is -2.22. The molecule has 0 aliphatic carbocycles. The molecule has 0 radical (unpaired) electrons. The highest BCUT2D eigenvalue weighted by Crippen LogP contribution is 2.14. The highest BCUT2D eigenvalue weighted by Gasteiger charge is 2.15. The molecule has 5 heteroatoms. The third-order valence-corrected chi connectivity index (χ3v) is 2.63. The molecule has 1 aromatic heterocycles. The summed E-state index contributed by atoms with van der Waals surface area (Å²) in [7, 11) is 0. The lowest BCUT2D eigenvalue weighted by atomic mass is 10.1. The molecule has 1 fully saturated rings. The van der Waals surface area contributed by atoms with Crippen LogP contribution in [0.2, 0.25) is 0 Å². The van der Waals surface area contributed by atoms with E-state index in [1.165, 1.54) is 6.07 Å². The molecule has 0 spiro atoms. The molecule has 0 amide bonds. The number of hydrogen-bond donors (Lipinski definition) is 1. The zero-order valence-electron chi connectivity index (χ0n) is 9.46. The third kappa shape index (κ3) is 3.42. The first-order valence-electron chi connectivity index (χ1n) is 5.70. The minimum Gasteiger partial charge on any atom is -0.477 e. The largest absolute Gasteiger partial charge is 0.477 e. The van der Waals surface area contributed by atoms with E-state index in [1.807, 2.05) is 0 Å². The fourth-order valence-corrected chi connectivity index (χ4v) is 1.73. The van der Waals surface area contributed by atoms with Crippen LogP contribution in [0.25, 0.3) is 0 Å². The van der Waals surface area contributed by atoms with E-state index in [0.29, 0.717) is 12.5 Å². The van der Waals surface area contributed by atoms with Gasteiger partial charge in [0.1, 0.15) is 6.61 Å². The van der Waals surface area contributed by atoms with Gasteiger partial charge in [0.2, 0.25) is 5.88 Å². The number of aromatic carboxylic acids is 1. The predicted octanol–water partition coefficient (Wildman–Crippen LogP) is 1.73. The first-order chi connectivity index (χ1) is 8.25. The molecule has 1 atom stereocenters. The second kappa shape index (κ2) is 5.63. The molecule has 1 saturated heterocycles. The predicted molar refractivity (Wildman–Crippen MR) is 60.3 cm³/mol. The van der Waals surface area contributed by atoms with Crippen molar-refractivity contribution in [1.29, 1.82) is 0 Å². The van der Waals surface area contributed by atoms with Crippen molar-refractivity contribution in [3.8, 4) is 5.88 Å². The van der Waals surface area contributed by atoms with Crippen molar-refractivity contribution in [2.75, 3.05) is 13.2 Å². The molecule has 2 rings (SSSR count). The van der Waals surface area contributed by atoms with E-state index in [2.05, 4.69) is 4.98 Å². The van der Waals surface area contributed by atoms with Gasteiger partial charge >= 0.3 is 5.97 Å². The summed E-state index contributed by atoms with van der Waals surface area (Å²) in [4.78, 5) is 14.6. The zero-order valence-corrected chi connectivity index (χ0v) is 9.46. The van der Waals surface area contributed by atoms with Gasteiger partial charge in [-0.3, -0.25) is 0 Å². The van der Waals surface area contributed by atoms with Crippen molar-refractivity contribution in [3.63, 3.8) is 0 Å². The molecule has 0 unspecified atom stereocenters. The van der Waals surface area contributed by atoms with Gasteiger partial charge in [-0.05, 0) is 25.3 Å². The number of ether oxygens (including phenoxy) is 2. The van der Waals surface area contributed by atoms with Crippen LogP contribution in [0.4, 0.5) is 0 Å². The van der Waals surface area contributed by atoms with Gasteiger partial charge in [-0.2, -0.15) is 0 Å². The number of carbonyl (C=O) groups is 1. The molecule has 0 saturated carbocycles. The molecule has 0 bridgehead atoms. The molecule has 1 aliphatic heterocycles. The summed E-state index contributed by atoms with van der Waals surface area (Å²) in [6, 6.07) is 4.70. The van der Waals surface area contributed by atoms with Crippen LogP contribution in [0, 0.1) is 0 Å². The standard InChI is InChI=1S/C12H15NO4/c14-12(15)10-5-3-6-11(13-10)17-8-9-4-1-2-7-16-9/h3,5-6,9H,1-2,4,7-8H2,(H,14,15)/t9-/m0/s1. The number of nitrogens with zero attached hydrogens (tertiary/aromatic N) is 1. The van der Waals surface area contributed by atoms with Gasteiger partial charge in [0.05, 0.1) is 6.10 Å². The van der Waals surface area contributed by atoms with Crippen LogP contribution in [0.5, 0.6) is 5.88 Å². The van der Waals surface area contributed by atoms with Crippen LogP contribution in [-0.4, -0.2) is 35.4 Å². The topological polar surface area (TPSA) is 68.7 Å². The van der Waals surface area contributed by atoms with E-state index in [4.69, 9.17) is 14.6 Å². The van der Waals surface area contributed by atoms with Crippen LogP contribution < -0.4 is 4.74 Å². The average Bonchev–Trinajstić information content (AvgIpc) is 2.38. The van der Waals surface area contributed by atoms with Gasteiger partial charge in [-0.15, -0.1) is 0 Å². The van der Waals surface area contributed by atoms with Gasteiger partial charge in [-0.25, -0.2) is 9.78 Å². The Morgan fingerprint density at radius 3 is 3.12 bits per heavy atom. The Labute approximate surface area is 99.4 Å². The summed E-state index contributed by atoms with van der Waals surface area (Å²) in [6.07, 6.45) is 3.33. The monoisotopic (exact) mass is 237 g/mol. The number of hydrogen-bond acceptors (Lipinski definition) is 4. The van der Waals surface area contributed by atoms with Gasteiger partial charge < -0.3 is 14.6 Å². The Balaban J connectivity index is 1.89. The van der Waals surface area contributed by atoms with Gasteiger partial charge in [0, 0.05) is 12.7 Å². The number of carboxylic acids is 1. The second-order valence-corrected chi connectivity index (χ2v) is 3.97. The molecule has 92 valence electrons. The van der Waals surface area contributed by atoms with Crippen molar-refractivity contribution < 1.29 is 19.4 Å². The van der Waals surface area contributed by atoms with E-state index in [-0.39, 0.29) is 11.8 Å². The van der Waals surface area contributed by atoms with Crippen molar-refractivity contribution >= 4 is 5.97 Å². The minimum atomic E-state index is -1.05. The highest BCUT2D eigenvalue weighted by atomic mass is 16.5. The molecule has 1 aliphatic rings. The Bertz CT molecular complexity index is 388. The molecule has 2 heterocycles. The van der Waals surface area contributed by atoms with Gasteiger partial charge in [0.25, 0.3) is 0 Å². The van der Waals surface area contributed by atoms with Crippen LogP contribution in [0.1, 0.15) is 29.8 Å². The van der Waals surface area contributed by atoms with Crippen molar-refractivity contribution in [1.82, 2.24) is 4.98 Å². The molecule has 1 N–H and O–H groups in total. The fourth-order valence-electron chi connectivity index (χ4n) is 1.73. The van der Waals surface area contributed by atoms with Crippen LogP contribution in [0.15, 0.2) is 18.2 Å². The molecule has 5 nitrogen and oxygen atoms in total. The smallest absolute Gasteiger partial charge is 0.354 e. The Kier molecular flexibility index (Phi) is 3.93. The number of pyridine rings is 1. The zero-order chi connectivity index (χ0) is 12.1. The summed E-state index contributed by atoms with van der Waals surface area (Å²) in [5.41, 5.74) is -0.00735. The van der Waals surface area contributed by atoms with E-state index in [9.17, 15) is 4.79 Å².